The number of aromatic nitrogens is 3. The first kappa shape index (κ1) is 28.2. The second kappa shape index (κ2) is 11.7. The molecular formula is C29H36FN5O4S. The first-order chi connectivity index (χ1) is 19.1. The van der Waals surface area contributed by atoms with Crippen molar-refractivity contribution in [2.75, 3.05) is 31.9 Å². The van der Waals surface area contributed by atoms with E-state index < -0.39 is 11.4 Å². The van der Waals surface area contributed by atoms with E-state index in [0.29, 0.717) is 34.9 Å². The molecule has 1 aromatic carbocycles. The van der Waals surface area contributed by atoms with E-state index >= 15 is 4.39 Å². The van der Waals surface area contributed by atoms with Crippen LogP contribution in [0.4, 0.5) is 15.0 Å². The third-order valence-corrected chi connectivity index (χ3v) is 8.11. The number of halogens is 1. The van der Waals surface area contributed by atoms with E-state index in [4.69, 9.17) is 14.2 Å². The van der Waals surface area contributed by atoms with Crippen LogP contribution in [-0.4, -0.2) is 70.9 Å². The van der Waals surface area contributed by atoms with Gasteiger partial charge < -0.3 is 24.0 Å². The van der Waals surface area contributed by atoms with Gasteiger partial charge in [-0.05, 0) is 77.6 Å². The van der Waals surface area contributed by atoms with Crippen LogP contribution in [0.1, 0.15) is 51.5 Å². The Hall–Kier alpha value is -3.31. The normalized spacial score (nSPS) is 17.6. The third-order valence-electron chi connectivity index (χ3n) is 7.17. The number of thiazole rings is 1. The van der Waals surface area contributed by atoms with E-state index in [0.717, 1.165) is 42.1 Å². The first-order valence-corrected chi connectivity index (χ1v) is 14.4. The van der Waals surface area contributed by atoms with Crippen molar-refractivity contribution in [3.8, 4) is 27.4 Å². The number of anilines is 1. The highest BCUT2D eigenvalue weighted by atomic mass is 32.1. The highest BCUT2D eigenvalue weighted by Crippen LogP contribution is 2.38. The van der Waals surface area contributed by atoms with Crippen LogP contribution in [-0.2, 0) is 9.47 Å². The fourth-order valence-electron chi connectivity index (χ4n) is 5.06. The van der Waals surface area contributed by atoms with E-state index in [2.05, 4.69) is 20.1 Å². The fourth-order valence-corrected chi connectivity index (χ4v) is 5.86. The second-order valence-electron chi connectivity index (χ2n) is 11.3. The van der Waals surface area contributed by atoms with Gasteiger partial charge in [-0.3, -0.25) is 0 Å². The third kappa shape index (κ3) is 6.20. The maximum Gasteiger partial charge on any atom is 0.410 e. The van der Waals surface area contributed by atoms with E-state index in [-0.39, 0.29) is 25.0 Å². The summed E-state index contributed by atoms with van der Waals surface area (Å²) in [5, 5.41) is 9.76. The summed E-state index contributed by atoms with van der Waals surface area (Å²) in [6, 6.07) is 7.05. The lowest BCUT2D eigenvalue weighted by Gasteiger charge is -2.41. The molecule has 2 aromatic heterocycles. The van der Waals surface area contributed by atoms with Crippen LogP contribution >= 0.6 is 11.3 Å². The molecule has 1 atom stereocenters. The van der Waals surface area contributed by atoms with Crippen molar-refractivity contribution in [3.63, 3.8) is 0 Å². The minimum Gasteiger partial charge on any atom is -0.467 e. The van der Waals surface area contributed by atoms with Gasteiger partial charge in [0.1, 0.15) is 17.2 Å². The summed E-state index contributed by atoms with van der Waals surface area (Å²) < 4.78 is 31.9. The molecule has 1 aliphatic carbocycles. The number of hydrogen-bond acceptors (Lipinski definition) is 9. The summed E-state index contributed by atoms with van der Waals surface area (Å²) in [4.78, 5) is 22.1. The minimum absolute atomic E-state index is 0.00954. The van der Waals surface area contributed by atoms with E-state index in [1.54, 1.807) is 12.3 Å². The quantitative estimate of drug-likeness (QED) is 0.302. The largest absolute Gasteiger partial charge is 0.467 e. The number of nitrogens with zero attached hydrogens (tertiary/aromatic N) is 5. The summed E-state index contributed by atoms with van der Waals surface area (Å²) in [6.07, 6.45) is 5.40. The molecule has 1 saturated heterocycles. The molecule has 0 radical (unpaired) electrons. The Morgan fingerprint density at radius 1 is 1.15 bits per heavy atom. The van der Waals surface area contributed by atoms with E-state index in [1.807, 2.05) is 44.7 Å². The average Bonchev–Trinajstić information content (AvgIpc) is 3.53. The van der Waals surface area contributed by atoms with Crippen molar-refractivity contribution < 1.29 is 23.4 Å². The van der Waals surface area contributed by atoms with Gasteiger partial charge in [-0.25, -0.2) is 14.2 Å². The van der Waals surface area contributed by atoms with Gasteiger partial charge in [0.2, 0.25) is 0 Å². The number of hydrogen-bond donors (Lipinski definition) is 0. The van der Waals surface area contributed by atoms with Gasteiger partial charge in [0.15, 0.2) is 12.6 Å². The predicted molar refractivity (Wildman–Crippen MR) is 152 cm³/mol. The number of carbonyl (C=O) groups excluding carboxylic acids is 1. The summed E-state index contributed by atoms with van der Waals surface area (Å²) in [5.41, 5.74) is 0.844. The smallest absolute Gasteiger partial charge is 0.410 e. The lowest BCUT2D eigenvalue weighted by atomic mass is 9.90. The highest BCUT2D eigenvalue weighted by Gasteiger charge is 2.40. The Kier molecular flexibility index (Phi) is 8.23. The lowest BCUT2D eigenvalue weighted by Crippen LogP contribution is -2.52. The molecule has 11 heteroatoms. The molecule has 0 spiro atoms. The Labute approximate surface area is 238 Å². The van der Waals surface area contributed by atoms with Gasteiger partial charge in [-0.15, -0.1) is 21.5 Å². The Morgan fingerprint density at radius 2 is 1.95 bits per heavy atom. The Bertz CT molecular complexity index is 1340. The van der Waals surface area contributed by atoms with Gasteiger partial charge in [-0.1, -0.05) is 0 Å². The molecule has 40 heavy (non-hydrogen) atoms. The van der Waals surface area contributed by atoms with Crippen LogP contribution in [0, 0.1) is 12.7 Å². The highest BCUT2D eigenvalue weighted by molar-refractivity contribution is 7.15. The van der Waals surface area contributed by atoms with Gasteiger partial charge in [0, 0.05) is 43.6 Å². The molecule has 2 fully saturated rings. The molecule has 1 aliphatic heterocycles. The maximum absolute atomic E-state index is 15.2. The summed E-state index contributed by atoms with van der Waals surface area (Å²) in [7, 11) is 1.53. The van der Waals surface area contributed by atoms with Crippen LogP contribution in [0.3, 0.4) is 0 Å². The number of rotatable bonds is 8. The standard InChI is InChI=1S/C29H36FN5O4S/c1-18-31-15-26(40-18)21-14-25(38-17-37-5)22(13-23(21)30)24-9-10-27(33-32-24)34-12-11-20(16-34)35(19-7-6-8-19)28(36)39-29(2,3)4/h9-10,13-15,19-20H,6-8,11-12,16-17H2,1-5H3/t20-/m0/s1. The molecule has 214 valence electrons. The number of benzene rings is 1. The topological polar surface area (TPSA) is 89.9 Å². The second-order valence-corrected chi connectivity index (χ2v) is 12.5. The molecule has 5 rings (SSSR count). The summed E-state index contributed by atoms with van der Waals surface area (Å²) in [6.45, 7) is 8.99. The maximum atomic E-state index is 15.2. The van der Waals surface area contributed by atoms with Crippen molar-refractivity contribution in [2.24, 2.45) is 0 Å². The fraction of sp³-hybridized carbons (Fsp3) is 0.517. The van der Waals surface area contributed by atoms with Crippen molar-refractivity contribution in [2.45, 2.75) is 71.1 Å². The Balaban J connectivity index is 1.35. The number of amides is 1. The summed E-state index contributed by atoms with van der Waals surface area (Å²) in [5.74, 6) is 0.761. The molecule has 9 nitrogen and oxygen atoms in total. The lowest BCUT2D eigenvalue weighted by molar-refractivity contribution is -0.00351. The number of ether oxygens (including phenoxy) is 3. The minimum atomic E-state index is -0.540. The first-order valence-electron chi connectivity index (χ1n) is 13.6. The van der Waals surface area contributed by atoms with Crippen LogP contribution in [0.25, 0.3) is 21.7 Å². The molecule has 1 amide bonds. The molecule has 0 unspecified atom stereocenters. The molecule has 3 aromatic rings. The van der Waals surface area contributed by atoms with E-state index in [1.165, 1.54) is 24.5 Å². The van der Waals surface area contributed by atoms with Crippen molar-refractivity contribution in [1.29, 1.82) is 0 Å². The van der Waals surface area contributed by atoms with Crippen LogP contribution < -0.4 is 9.64 Å². The number of carbonyl (C=O) groups is 1. The van der Waals surface area contributed by atoms with Crippen LogP contribution in [0.5, 0.6) is 5.75 Å². The molecule has 0 N–H and O–H groups in total. The number of methoxy groups -OCH3 is 1. The SMILES string of the molecule is COCOc1cc(-c2cnc(C)s2)c(F)cc1-c1ccc(N2CC[C@H](N(C(=O)OC(C)(C)C)C3CCC3)C2)nn1. The average molecular weight is 570 g/mol. The van der Waals surface area contributed by atoms with Crippen LogP contribution in [0.2, 0.25) is 0 Å². The van der Waals surface area contributed by atoms with Gasteiger partial charge in [0.25, 0.3) is 0 Å². The summed E-state index contributed by atoms with van der Waals surface area (Å²) >= 11 is 1.41. The molecule has 3 heterocycles. The van der Waals surface area contributed by atoms with E-state index in [9.17, 15) is 4.79 Å². The number of aryl methyl sites for hydroxylation is 1. The predicted octanol–water partition coefficient (Wildman–Crippen LogP) is 6.07. The van der Waals surface area contributed by atoms with Gasteiger partial charge >= 0.3 is 6.09 Å². The Morgan fingerprint density at radius 3 is 2.55 bits per heavy atom. The molecule has 2 aliphatic rings. The molecular weight excluding hydrogens is 533 g/mol. The van der Waals surface area contributed by atoms with Crippen molar-refractivity contribution >= 4 is 23.2 Å². The zero-order chi connectivity index (χ0) is 28.4. The van der Waals surface area contributed by atoms with Gasteiger partial charge in [-0.2, -0.15) is 0 Å². The monoisotopic (exact) mass is 569 g/mol. The molecule has 0 bridgehead atoms. The van der Waals surface area contributed by atoms with Crippen molar-refractivity contribution in [3.05, 3.63) is 41.3 Å². The zero-order valence-corrected chi connectivity index (χ0v) is 24.5. The van der Waals surface area contributed by atoms with Crippen molar-refractivity contribution in [1.82, 2.24) is 20.1 Å². The zero-order valence-electron chi connectivity index (χ0n) is 23.6. The molecule has 1 saturated carbocycles. The van der Waals surface area contributed by atoms with Crippen LogP contribution in [0.15, 0.2) is 30.5 Å². The van der Waals surface area contributed by atoms with Gasteiger partial charge in [0.05, 0.1) is 21.6 Å².